The maximum absolute atomic E-state index is 13.8. The van der Waals surface area contributed by atoms with Crippen LogP contribution in [0.3, 0.4) is 0 Å². The Kier molecular flexibility index (Phi) is 4.90. The molecule has 6 rings (SSSR count). The van der Waals surface area contributed by atoms with Crippen LogP contribution in [-0.4, -0.2) is 35.6 Å². The van der Waals surface area contributed by atoms with Crippen LogP contribution in [-0.2, 0) is 28.7 Å². The topological polar surface area (TPSA) is 56.6 Å². The van der Waals surface area contributed by atoms with E-state index in [1.807, 2.05) is 0 Å². The highest BCUT2D eigenvalue weighted by atomic mass is 19.4. The summed E-state index contributed by atoms with van der Waals surface area (Å²) in [5.41, 5.74) is -0.235. The molecule has 0 saturated heterocycles. The number of halogens is 3. The molecule has 1 aromatic carbocycles. The average Bonchev–Trinajstić information content (AvgIpc) is 3.05. The summed E-state index contributed by atoms with van der Waals surface area (Å²) < 4.78 is 53.7. The molecule has 1 unspecified atom stereocenters. The van der Waals surface area contributed by atoms with E-state index in [-0.39, 0.29) is 29.9 Å². The van der Waals surface area contributed by atoms with Crippen LogP contribution in [0.25, 0.3) is 0 Å². The van der Waals surface area contributed by atoms with Gasteiger partial charge >= 0.3 is 12.1 Å². The molecule has 9 heteroatoms. The molecule has 0 N–H and O–H groups in total. The molecule has 0 spiro atoms. The van der Waals surface area contributed by atoms with Crippen LogP contribution in [0, 0.1) is 11.3 Å². The van der Waals surface area contributed by atoms with E-state index in [2.05, 4.69) is 5.10 Å². The quantitative estimate of drug-likeness (QED) is 0.612. The SMILES string of the molecule is COc1ccc(Cn2nc(C(F)(F)F)c3c2N(C(C)OC(=O)C24CC(C2)C4)CCC3)cc1. The highest BCUT2D eigenvalue weighted by Crippen LogP contribution is 2.65. The fourth-order valence-electron chi connectivity index (χ4n) is 5.24. The van der Waals surface area contributed by atoms with Gasteiger partial charge in [0.1, 0.15) is 11.6 Å². The van der Waals surface area contributed by atoms with Crippen molar-refractivity contribution in [2.24, 2.45) is 11.3 Å². The largest absolute Gasteiger partial charge is 0.497 e. The summed E-state index contributed by atoms with van der Waals surface area (Å²) >= 11 is 0. The molecule has 4 aliphatic rings. The van der Waals surface area contributed by atoms with Crippen molar-refractivity contribution in [3.8, 4) is 5.75 Å². The number of hydrogen-bond acceptors (Lipinski definition) is 5. The molecule has 2 bridgehead atoms. The van der Waals surface area contributed by atoms with Crippen molar-refractivity contribution in [3.63, 3.8) is 0 Å². The number of rotatable bonds is 6. The Balaban J connectivity index is 1.45. The van der Waals surface area contributed by atoms with E-state index < -0.39 is 18.1 Å². The van der Waals surface area contributed by atoms with E-state index in [0.717, 1.165) is 24.8 Å². The Morgan fingerprint density at radius 1 is 1.25 bits per heavy atom. The first kappa shape index (κ1) is 21.2. The Morgan fingerprint density at radius 3 is 2.50 bits per heavy atom. The van der Waals surface area contributed by atoms with Gasteiger partial charge in [0, 0.05) is 12.1 Å². The van der Waals surface area contributed by atoms with Gasteiger partial charge in [0.05, 0.1) is 19.1 Å². The van der Waals surface area contributed by atoms with Crippen LogP contribution >= 0.6 is 0 Å². The highest BCUT2D eigenvalue weighted by molar-refractivity contribution is 5.80. The van der Waals surface area contributed by atoms with Crippen LogP contribution in [0.5, 0.6) is 5.75 Å². The minimum atomic E-state index is -4.55. The number of esters is 1. The number of hydrogen-bond donors (Lipinski definition) is 0. The number of anilines is 1. The number of methoxy groups -OCH3 is 1. The van der Waals surface area contributed by atoms with Crippen molar-refractivity contribution in [1.82, 2.24) is 9.78 Å². The molecule has 1 aromatic heterocycles. The second kappa shape index (κ2) is 7.42. The predicted octanol–water partition coefficient (Wildman–Crippen LogP) is 4.40. The number of alkyl halides is 3. The first-order valence-corrected chi connectivity index (χ1v) is 11.0. The monoisotopic (exact) mass is 449 g/mol. The second-order valence-electron chi connectivity index (χ2n) is 9.21. The van der Waals surface area contributed by atoms with Gasteiger partial charge in [-0.15, -0.1) is 0 Å². The minimum absolute atomic E-state index is 0.172. The Hall–Kier alpha value is -2.71. The van der Waals surface area contributed by atoms with Crippen LogP contribution < -0.4 is 9.64 Å². The number of carbonyl (C=O) groups is 1. The number of carbonyl (C=O) groups excluding carboxylic acids is 1. The van der Waals surface area contributed by atoms with E-state index in [4.69, 9.17) is 9.47 Å². The van der Waals surface area contributed by atoms with Gasteiger partial charge in [-0.2, -0.15) is 18.3 Å². The van der Waals surface area contributed by atoms with Crippen LogP contribution in [0.4, 0.5) is 19.0 Å². The van der Waals surface area contributed by atoms with E-state index in [1.54, 1.807) is 43.2 Å². The van der Waals surface area contributed by atoms with Gasteiger partial charge in [0.25, 0.3) is 0 Å². The lowest BCUT2D eigenvalue weighted by Gasteiger charge is -2.59. The molecule has 0 amide bonds. The van der Waals surface area contributed by atoms with Gasteiger partial charge in [-0.05, 0) is 62.6 Å². The normalized spacial score (nSPS) is 24.8. The van der Waals surface area contributed by atoms with Crippen molar-refractivity contribution in [2.45, 2.75) is 58.0 Å². The highest BCUT2D eigenvalue weighted by Gasteiger charge is 2.62. The lowest BCUT2D eigenvalue weighted by molar-refractivity contribution is -0.195. The first-order valence-electron chi connectivity index (χ1n) is 11.0. The zero-order chi connectivity index (χ0) is 22.7. The average molecular weight is 449 g/mol. The fraction of sp³-hybridized carbons (Fsp3) is 0.565. The molecule has 32 heavy (non-hydrogen) atoms. The number of nitrogens with zero attached hydrogens (tertiary/aromatic N) is 3. The van der Waals surface area contributed by atoms with Gasteiger partial charge in [-0.25, -0.2) is 4.68 Å². The summed E-state index contributed by atoms with van der Waals surface area (Å²) in [6.45, 7) is 2.41. The van der Waals surface area contributed by atoms with E-state index in [9.17, 15) is 18.0 Å². The molecule has 2 heterocycles. The number of aromatic nitrogens is 2. The van der Waals surface area contributed by atoms with E-state index in [1.165, 1.54) is 4.68 Å². The Bertz CT molecular complexity index is 1010. The Labute approximate surface area is 184 Å². The lowest BCUT2D eigenvalue weighted by atomic mass is 9.44. The summed E-state index contributed by atoms with van der Waals surface area (Å²) in [5, 5.41) is 3.97. The number of benzene rings is 1. The van der Waals surface area contributed by atoms with Crippen LogP contribution in [0.15, 0.2) is 24.3 Å². The maximum Gasteiger partial charge on any atom is 0.435 e. The van der Waals surface area contributed by atoms with Gasteiger partial charge in [-0.3, -0.25) is 4.79 Å². The first-order chi connectivity index (χ1) is 15.2. The fourth-order valence-corrected chi connectivity index (χ4v) is 5.24. The minimum Gasteiger partial charge on any atom is -0.497 e. The maximum atomic E-state index is 13.8. The van der Waals surface area contributed by atoms with E-state index in [0.29, 0.717) is 30.5 Å². The Morgan fingerprint density at radius 2 is 1.94 bits per heavy atom. The molecule has 0 radical (unpaired) electrons. The number of fused-ring (bicyclic) bond motifs is 1. The molecule has 172 valence electrons. The zero-order valence-corrected chi connectivity index (χ0v) is 18.1. The third-order valence-electron chi connectivity index (χ3n) is 7.07. The number of ether oxygens (including phenoxy) is 2. The summed E-state index contributed by atoms with van der Waals surface area (Å²) in [5.74, 6) is 1.47. The molecule has 3 fully saturated rings. The molecular formula is C23H26F3N3O3. The van der Waals surface area contributed by atoms with Crippen LogP contribution in [0.2, 0.25) is 0 Å². The molecule has 6 nitrogen and oxygen atoms in total. The van der Waals surface area contributed by atoms with Crippen LogP contribution in [0.1, 0.15) is 49.4 Å². The molecular weight excluding hydrogens is 423 g/mol. The molecule has 1 aliphatic heterocycles. The summed E-state index contributed by atoms with van der Waals surface area (Å²) in [7, 11) is 1.56. The standard InChI is InChI=1S/C23H26F3N3O3/c1-14(32-21(30)22-10-16(11-22)12-22)28-9-3-4-18-19(23(24,25)26)27-29(20(18)28)13-15-5-7-17(31-2)8-6-15/h5-8,14,16H,3-4,9-13H2,1-2H3. The van der Waals surface area contributed by atoms with Crippen molar-refractivity contribution in [2.75, 3.05) is 18.6 Å². The summed E-state index contributed by atoms with van der Waals surface area (Å²) in [6.07, 6.45) is -1.77. The van der Waals surface area contributed by atoms with Gasteiger partial charge in [0.15, 0.2) is 11.9 Å². The van der Waals surface area contributed by atoms with Crippen molar-refractivity contribution in [1.29, 1.82) is 0 Å². The second-order valence-corrected chi connectivity index (χ2v) is 9.21. The van der Waals surface area contributed by atoms with Crippen molar-refractivity contribution in [3.05, 3.63) is 41.1 Å². The molecule has 3 saturated carbocycles. The molecule has 1 atom stereocenters. The van der Waals surface area contributed by atoms with E-state index >= 15 is 0 Å². The predicted molar refractivity (Wildman–Crippen MR) is 110 cm³/mol. The molecule has 2 aromatic rings. The summed E-state index contributed by atoms with van der Waals surface area (Å²) in [4.78, 5) is 14.4. The van der Waals surface area contributed by atoms with Crippen molar-refractivity contribution >= 4 is 11.8 Å². The smallest absolute Gasteiger partial charge is 0.435 e. The van der Waals surface area contributed by atoms with Crippen molar-refractivity contribution < 1.29 is 27.4 Å². The zero-order valence-electron chi connectivity index (χ0n) is 18.1. The third kappa shape index (κ3) is 3.42. The van der Waals surface area contributed by atoms with Gasteiger partial charge in [-0.1, -0.05) is 12.1 Å². The lowest BCUT2D eigenvalue weighted by Crippen LogP contribution is -2.58. The summed E-state index contributed by atoms with van der Waals surface area (Å²) in [6, 6.07) is 7.14. The van der Waals surface area contributed by atoms with Gasteiger partial charge < -0.3 is 14.4 Å². The third-order valence-corrected chi connectivity index (χ3v) is 7.07. The van der Waals surface area contributed by atoms with Gasteiger partial charge in [0.2, 0.25) is 0 Å². The molecule has 3 aliphatic carbocycles.